The quantitative estimate of drug-likeness (QED) is 0.671. The van der Waals surface area contributed by atoms with Crippen LogP contribution in [0.4, 0.5) is 0 Å². The molecule has 1 heterocycles. The minimum absolute atomic E-state index is 0.0418. The van der Waals surface area contributed by atoms with Gasteiger partial charge in [0.25, 0.3) is 5.91 Å². The van der Waals surface area contributed by atoms with E-state index in [-0.39, 0.29) is 16.9 Å². The van der Waals surface area contributed by atoms with Crippen molar-refractivity contribution in [3.8, 4) is 0 Å². The molecule has 1 aliphatic rings. The summed E-state index contributed by atoms with van der Waals surface area (Å²) in [4.78, 5) is 14.0. The number of hydrogen-bond acceptors (Lipinski definition) is 4. The van der Waals surface area contributed by atoms with Gasteiger partial charge in [0, 0.05) is 31.8 Å². The lowest BCUT2D eigenvalue weighted by molar-refractivity contribution is -0.925. The van der Waals surface area contributed by atoms with E-state index in [1.54, 1.807) is 0 Å². The lowest BCUT2D eigenvalue weighted by Crippen LogP contribution is -3.13. The van der Waals surface area contributed by atoms with Crippen LogP contribution in [-0.4, -0.2) is 65.1 Å². The molecule has 2 N–H and O–H groups in total. The Kier molecular flexibility index (Phi) is 7.02. The number of sulfonamides is 1. The van der Waals surface area contributed by atoms with E-state index in [9.17, 15) is 13.2 Å². The molecule has 0 aromatic heterocycles. The summed E-state index contributed by atoms with van der Waals surface area (Å²) < 4.78 is 31.2. The van der Waals surface area contributed by atoms with Crippen LogP contribution in [0, 0.1) is 0 Å². The van der Waals surface area contributed by atoms with Gasteiger partial charge >= 0.3 is 0 Å². The van der Waals surface area contributed by atoms with Gasteiger partial charge in [-0.2, -0.15) is 0 Å². The molecule has 1 saturated heterocycles. The third-order valence-corrected chi connectivity index (χ3v) is 6.84. The Hall–Kier alpha value is -2.26. The van der Waals surface area contributed by atoms with Gasteiger partial charge in [0.1, 0.15) is 25.7 Å². The number of benzene rings is 2. The number of amides is 1. The first kappa shape index (κ1) is 21.4. The lowest BCUT2D eigenvalue weighted by Gasteiger charge is -2.30. The smallest absolute Gasteiger partial charge is 0.251 e. The summed E-state index contributed by atoms with van der Waals surface area (Å²) >= 11 is 0. The SMILES string of the molecule is CN(C)S(=O)(=O)c1ccc(C(=O)NC[C@H]2C[NH+](Cc3ccccc3)CCO2)cc1. The van der Waals surface area contributed by atoms with Gasteiger partial charge in [-0.3, -0.25) is 4.79 Å². The van der Waals surface area contributed by atoms with Crippen molar-refractivity contribution in [1.82, 2.24) is 9.62 Å². The van der Waals surface area contributed by atoms with Crippen LogP contribution >= 0.6 is 0 Å². The van der Waals surface area contributed by atoms with Crippen LogP contribution in [0.3, 0.4) is 0 Å². The number of hydrogen-bond donors (Lipinski definition) is 2. The maximum atomic E-state index is 12.4. The van der Waals surface area contributed by atoms with Gasteiger partial charge in [0.2, 0.25) is 10.0 Å². The molecule has 3 rings (SSSR count). The average molecular weight is 419 g/mol. The zero-order valence-electron chi connectivity index (χ0n) is 16.8. The Labute approximate surface area is 172 Å². The average Bonchev–Trinajstić information content (AvgIpc) is 2.73. The fourth-order valence-electron chi connectivity index (χ4n) is 3.33. The molecular formula is C21H28N3O4S+. The molecule has 0 bridgehead atoms. The normalized spacial score (nSPS) is 19.8. The van der Waals surface area contributed by atoms with Crippen molar-refractivity contribution in [2.24, 2.45) is 0 Å². The third kappa shape index (κ3) is 5.63. The van der Waals surface area contributed by atoms with Gasteiger partial charge in [-0.1, -0.05) is 30.3 Å². The molecule has 0 radical (unpaired) electrons. The van der Waals surface area contributed by atoms with E-state index in [2.05, 4.69) is 17.4 Å². The summed E-state index contributed by atoms with van der Waals surface area (Å²) in [6, 6.07) is 16.3. The molecule has 2 aromatic rings. The minimum atomic E-state index is -3.50. The molecule has 0 aliphatic carbocycles. The van der Waals surface area contributed by atoms with Gasteiger partial charge < -0.3 is 15.0 Å². The molecule has 7 nitrogen and oxygen atoms in total. The van der Waals surface area contributed by atoms with Crippen LogP contribution in [-0.2, 0) is 21.3 Å². The number of morpholine rings is 1. The summed E-state index contributed by atoms with van der Waals surface area (Å²) in [7, 11) is -0.551. The third-order valence-electron chi connectivity index (χ3n) is 5.01. The molecule has 1 unspecified atom stereocenters. The second kappa shape index (κ2) is 9.49. The van der Waals surface area contributed by atoms with Crippen LogP contribution in [0.25, 0.3) is 0 Å². The molecule has 156 valence electrons. The van der Waals surface area contributed by atoms with Crippen LogP contribution in [0.2, 0.25) is 0 Å². The highest BCUT2D eigenvalue weighted by molar-refractivity contribution is 7.89. The van der Waals surface area contributed by atoms with Gasteiger partial charge in [-0.15, -0.1) is 0 Å². The van der Waals surface area contributed by atoms with Crippen molar-refractivity contribution in [1.29, 1.82) is 0 Å². The molecule has 8 heteroatoms. The van der Waals surface area contributed by atoms with E-state index in [0.717, 1.165) is 23.9 Å². The zero-order chi connectivity index (χ0) is 20.9. The molecule has 2 aromatic carbocycles. The van der Waals surface area contributed by atoms with Crippen LogP contribution in [0.15, 0.2) is 59.5 Å². The monoisotopic (exact) mass is 418 g/mol. The summed E-state index contributed by atoms with van der Waals surface area (Å²) in [6.07, 6.45) is -0.0418. The van der Waals surface area contributed by atoms with Crippen molar-refractivity contribution in [3.63, 3.8) is 0 Å². The fourth-order valence-corrected chi connectivity index (χ4v) is 4.23. The Morgan fingerprint density at radius 2 is 1.83 bits per heavy atom. The van der Waals surface area contributed by atoms with Crippen LogP contribution in [0.1, 0.15) is 15.9 Å². The maximum Gasteiger partial charge on any atom is 0.251 e. The first-order chi connectivity index (χ1) is 13.9. The maximum absolute atomic E-state index is 12.4. The highest BCUT2D eigenvalue weighted by Gasteiger charge is 2.24. The van der Waals surface area contributed by atoms with E-state index in [4.69, 9.17) is 4.74 Å². The Morgan fingerprint density at radius 3 is 2.48 bits per heavy atom. The summed E-state index contributed by atoms with van der Waals surface area (Å²) in [5, 5.41) is 2.90. The van der Waals surface area contributed by atoms with Gasteiger partial charge in [-0.25, -0.2) is 12.7 Å². The summed E-state index contributed by atoms with van der Waals surface area (Å²) in [5.41, 5.74) is 1.71. The second-order valence-electron chi connectivity index (χ2n) is 7.38. The predicted molar refractivity (Wildman–Crippen MR) is 110 cm³/mol. The second-order valence-corrected chi connectivity index (χ2v) is 9.53. The number of nitrogens with zero attached hydrogens (tertiary/aromatic N) is 1. The van der Waals surface area contributed by atoms with Gasteiger partial charge in [-0.05, 0) is 24.3 Å². The number of ether oxygens (including phenoxy) is 1. The van der Waals surface area contributed by atoms with Crippen molar-refractivity contribution < 1.29 is 22.8 Å². The van der Waals surface area contributed by atoms with Crippen molar-refractivity contribution in [2.75, 3.05) is 40.3 Å². The molecule has 1 amide bonds. The van der Waals surface area contributed by atoms with E-state index >= 15 is 0 Å². The minimum Gasteiger partial charge on any atom is -0.365 e. The molecule has 0 saturated carbocycles. The summed E-state index contributed by atoms with van der Waals surface area (Å²) in [6.45, 7) is 3.81. The van der Waals surface area contributed by atoms with Crippen molar-refractivity contribution in [2.45, 2.75) is 17.5 Å². The van der Waals surface area contributed by atoms with E-state index in [1.165, 1.54) is 48.8 Å². The van der Waals surface area contributed by atoms with Gasteiger partial charge in [0.05, 0.1) is 11.5 Å². The Balaban J connectivity index is 1.52. The number of rotatable bonds is 7. The van der Waals surface area contributed by atoms with E-state index in [1.807, 2.05) is 18.2 Å². The molecule has 1 aliphatic heterocycles. The van der Waals surface area contributed by atoms with Crippen LogP contribution in [0.5, 0.6) is 0 Å². The zero-order valence-corrected chi connectivity index (χ0v) is 17.6. The number of carbonyl (C=O) groups is 1. The molecule has 2 atom stereocenters. The highest BCUT2D eigenvalue weighted by Crippen LogP contribution is 2.14. The molecule has 1 fully saturated rings. The van der Waals surface area contributed by atoms with Crippen LogP contribution < -0.4 is 10.2 Å². The lowest BCUT2D eigenvalue weighted by atomic mass is 10.2. The van der Waals surface area contributed by atoms with E-state index in [0.29, 0.717) is 18.7 Å². The predicted octanol–water partition coefficient (Wildman–Crippen LogP) is 0.151. The van der Waals surface area contributed by atoms with Crippen molar-refractivity contribution in [3.05, 3.63) is 65.7 Å². The molecule has 0 spiro atoms. The molecular weight excluding hydrogens is 390 g/mol. The Bertz CT molecular complexity index is 915. The Morgan fingerprint density at radius 1 is 1.14 bits per heavy atom. The largest absolute Gasteiger partial charge is 0.365 e. The van der Waals surface area contributed by atoms with Gasteiger partial charge in [0.15, 0.2) is 0 Å². The first-order valence-electron chi connectivity index (χ1n) is 9.66. The highest BCUT2D eigenvalue weighted by atomic mass is 32.2. The first-order valence-corrected chi connectivity index (χ1v) is 11.1. The standard InChI is InChI=1S/C21H27N3O4S/c1-23(2)29(26,27)20-10-8-18(9-11-20)21(25)22-14-19-16-24(12-13-28-19)15-17-6-4-3-5-7-17/h3-11,19H,12-16H2,1-2H3,(H,22,25)/p+1/t19-/m0/s1. The number of quaternary nitrogens is 1. The van der Waals surface area contributed by atoms with Crippen molar-refractivity contribution >= 4 is 15.9 Å². The summed E-state index contributed by atoms with van der Waals surface area (Å²) in [5.74, 6) is -0.238. The number of carbonyl (C=O) groups excluding carboxylic acids is 1. The van der Waals surface area contributed by atoms with E-state index < -0.39 is 10.0 Å². The number of nitrogens with one attached hydrogen (secondary N) is 2. The fraction of sp³-hybridized carbons (Fsp3) is 0.381. The molecule has 29 heavy (non-hydrogen) atoms. The topological polar surface area (TPSA) is 80.2 Å².